The molecule has 0 saturated carbocycles. The molecule has 0 saturated heterocycles. The highest BCUT2D eigenvalue weighted by molar-refractivity contribution is 7.94. The Labute approximate surface area is 61.5 Å². The Kier molecular flexibility index (Phi) is 3.09. The molecule has 0 spiro atoms. The zero-order valence-electron chi connectivity index (χ0n) is 5.87. The minimum absolute atomic E-state index is 0.197. The van der Waals surface area contributed by atoms with E-state index >= 15 is 0 Å². The molecule has 0 unspecified atom stereocenters. The van der Waals surface area contributed by atoms with E-state index in [0.717, 1.165) is 6.26 Å². The van der Waals surface area contributed by atoms with Gasteiger partial charge >= 0.3 is 0 Å². The van der Waals surface area contributed by atoms with E-state index in [1.165, 1.54) is 18.2 Å². The average molecular weight is 158 g/mol. The molecule has 2 nitrogen and oxygen atoms in total. The van der Waals surface area contributed by atoms with Crippen LogP contribution in [0.4, 0.5) is 0 Å². The van der Waals surface area contributed by atoms with Crippen molar-refractivity contribution in [1.82, 2.24) is 0 Å². The van der Waals surface area contributed by atoms with E-state index in [-0.39, 0.29) is 4.91 Å². The molecule has 0 rings (SSSR count). The molecule has 0 radical (unpaired) electrons. The Morgan fingerprint density at radius 2 is 1.90 bits per heavy atom. The van der Waals surface area contributed by atoms with Crippen molar-refractivity contribution in [1.29, 1.82) is 0 Å². The van der Waals surface area contributed by atoms with Crippen LogP contribution in [0.1, 0.15) is 0 Å². The van der Waals surface area contributed by atoms with Crippen molar-refractivity contribution < 1.29 is 8.42 Å². The average Bonchev–Trinajstić information content (AvgIpc) is 1.80. The SMILES string of the molecule is C=C/C=C(\C=C)S(C)(=O)=O. The molecule has 0 fully saturated rings. The maximum atomic E-state index is 10.8. The molecule has 0 aromatic carbocycles. The first-order chi connectivity index (χ1) is 4.52. The van der Waals surface area contributed by atoms with Gasteiger partial charge in [-0.2, -0.15) is 0 Å². The van der Waals surface area contributed by atoms with Gasteiger partial charge < -0.3 is 0 Å². The molecule has 0 bridgehead atoms. The zero-order valence-corrected chi connectivity index (χ0v) is 6.69. The van der Waals surface area contributed by atoms with Crippen molar-refractivity contribution in [2.45, 2.75) is 0 Å². The van der Waals surface area contributed by atoms with E-state index in [1.54, 1.807) is 0 Å². The summed E-state index contributed by atoms with van der Waals surface area (Å²) < 4.78 is 21.5. The lowest BCUT2D eigenvalue weighted by molar-refractivity contribution is 0.608. The first-order valence-corrected chi connectivity index (χ1v) is 4.56. The van der Waals surface area contributed by atoms with Gasteiger partial charge in [0.1, 0.15) is 0 Å². The summed E-state index contributed by atoms with van der Waals surface area (Å²) in [4.78, 5) is 0.197. The lowest BCUT2D eigenvalue weighted by Gasteiger charge is -1.93. The van der Waals surface area contributed by atoms with Crippen LogP contribution in [0, 0.1) is 0 Å². The van der Waals surface area contributed by atoms with Crippen molar-refractivity contribution in [2.75, 3.05) is 6.26 Å². The Morgan fingerprint density at radius 3 is 2.00 bits per heavy atom. The van der Waals surface area contributed by atoms with Gasteiger partial charge in [0.05, 0.1) is 4.91 Å². The van der Waals surface area contributed by atoms with Gasteiger partial charge in [0.25, 0.3) is 0 Å². The first kappa shape index (κ1) is 9.17. The summed E-state index contributed by atoms with van der Waals surface area (Å²) >= 11 is 0. The first-order valence-electron chi connectivity index (χ1n) is 2.67. The second kappa shape index (κ2) is 3.37. The third-order valence-corrected chi connectivity index (χ3v) is 2.07. The third-order valence-electron chi connectivity index (χ3n) is 0.911. The summed E-state index contributed by atoms with van der Waals surface area (Å²) in [7, 11) is -3.11. The quantitative estimate of drug-likeness (QED) is 0.580. The van der Waals surface area contributed by atoms with Crippen molar-refractivity contribution in [3.8, 4) is 0 Å². The van der Waals surface area contributed by atoms with Gasteiger partial charge in [-0.1, -0.05) is 25.3 Å². The minimum atomic E-state index is -3.11. The molecule has 0 aromatic heterocycles. The Bertz CT molecular complexity index is 257. The van der Waals surface area contributed by atoms with Crippen molar-refractivity contribution >= 4 is 9.84 Å². The van der Waals surface area contributed by atoms with E-state index in [4.69, 9.17) is 0 Å². The van der Waals surface area contributed by atoms with Gasteiger partial charge in [-0.3, -0.25) is 0 Å². The Hall–Kier alpha value is -0.830. The van der Waals surface area contributed by atoms with E-state index in [2.05, 4.69) is 13.2 Å². The van der Waals surface area contributed by atoms with Crippen LogP contribution in [0.5, 0.6) is 0 Å². The monoisotopic (exact) mass is 158 g/mol. The Balaban J connectivity index is 4.89. The van der Waals surface area contributed by atoms with Gasteiger partial charge in [-0.15, -0.1) is 0 Å². The highest BCUT2D eigenvalue weighted by Crippen LogP contribution is 2.04. The van der Waals surface area contributed by atoms with Gasteiger partial charge in [0.15, 0.2) is 9.84 Å². The molecule has 56 valence electrons. The van der Waals surface area contributed by atoms with Gasteiger partial charge in [0.2, 0.25) is 0 Å². The lowest BCUT2D eigenvalue weighted by atomic mass is 10.5. The second-order valence-corrected chi connectivity index (χ2v) is 3.80. The predicted octanol–water partition coefficient (Wildman–Crippen LogP) is 1.29. The topological polar surface area (TPSA) is 34.1 Å². The highest BCUT2D eigenvalue weighted by Gasteiger charge is 2.04. The third kappa shape index (κ3) is 2.64. The highest BCUT2D eigenvalue weighted by atomic mass is 32.2. The molecule has 0 N–H and O–H groups in total. The van der Waals surface area contributed by atoms with Crippen LogP contribution in [0.2, 0.25) is 0 Å². The summed E-state index contributed by atoms with van der Waals surface area (Å²) in [5, 5.41) is 0. The zero-order chi connectivity index (χ0) is 8.20. The van der Waals surface area contributed by atoms with Crippen molar-refractivity contribution in [2.24, 2.45) is 0 Å². The predicted molar refractivity (Wildman–Crippen MR) is 43.3 cm³/mol. The second-order valence-electron chi connectivity index (χ2n) is 1.78. The number of sulfone groups is 1. The molecule has 0 heterocycles. The number of hydrogen-bond donors (Lipinski definition) is 0. The van der Waals surface area contributed by atoms with Crippen LogP contribution in [0.15, 0.2) is 36.3 Å². The lowest BCUT2D eigenvalue weighted by Crippen LogP contribution is -1.96. The fourth-order valence-electron chi connectivity index (χ4n) is 0.459. The number of hydrogen-bond acceptors (Lipinski definition) is 2. The standard InChI is InChI=1S/C7H10O2S/c1-4-6-7(5-2)10(3,8)9/h4-6H,1-2H2,3H3/b7-6+. The van der Waals surface area contributed by atoms with E-state index < -0.39 is 9.84 Å². The van der Waals surface area contributed by atoms with Crippen LogP contribution in [-0.2, 0) is 9.84 Å². The summed E-state index contributed by atoms with van der Waals surface area (Å²) in [6.07, 6.45) is 5.24. The van der Waals surface area contributed by atoms with Gasteiger partial charge in [-0.25, -0.2) is 8.42 Å². The van der Waals surface area contributed by atoms with Gasteiger partial charge in [-0.05, 0) is 6.08 Å². The fraction of sp³-hybridized carbons (Fsp3) is 0.143. The molecule has 0 aliphatic heterocycles. The molecule has 3 heteroatoms. The largest absolute Gasteiger partial charge is 0.224 e. The molecule has 0 aliphatic carbocycles. The van der Waals surface area contributed by atoms with Crippen LogP contribution >= 0.6 is 0 Å². The Morgan fingerprint density at radius 1 is 1.40 bits per heavy atom. The van der Waals surface area contributed by atoms with E-state index in [0.29, 0.717) is 0 Å². The van der Waals surface area contributed by atoms with Crippen LogP contribution < -0.4 is 0 Å². The van der Waals surface area contributed by atoms with Gasteiger partial charge in [0, 0.05) is 6.26 Å². The van der Waals surface area contributed by atoms with Crippen molar-refractivity contribution in [3.05, 3.63) is 36.3 Å². The molecular formula is C7H10O2S. The minimum Gasteiger partial charge on any atom is -0.224 e. The molecule has 0 amide bonds. The normalized spacial score (nSPS) is 12.7. The van der Waals surface area contributed by atoms with Crippen LogP contribution in [0.25, 0.3) is 0 Å². The fourth-order valence-corrected chi connectivity index (χ4v) is 1.11. The number of allylic oxidation sites excluding steroid dienone is 3. The maximum absolute atomic E-state index is 10.8. The smallest absolute Gasteiger partial charge is 0.175 e. The van der Waals surface area contributed by atoms with Crippen molar-refractivity contribution in [3.63, 3.8) is 0 Å². The van der Waals surface area contributed by atoms with Crippen LogP contribution in [-0.4, -0.2) is 14.7 Å². The van der Waals surface area contributed by atoms with E-state index in [9.17, 15) is 8.42 Å². The maximum Gasteiger partial charge on any atom is 0.175 e. The molecule has 10 heavy (non-hydrogen) atoms. The summed E-state index contributed by atoms with van der Waals surface area (Å²) in [6, 6.07) is 0. The van der Waals surface area contributed by atoms with Crippen LogP contribution in [0.3, 0.4) is 0 Å². The molecule has 0 atom stereocenters. The molecular weight excluding hydrogens is 148 g/mol. The van der Waals surface area contributed by atoms with E-state index in [1.807, 2.05) is 0 Å². The molecule has 0 aliphatic rings. The number of rotatable bonds is 3. The molecule has 0 aromatic rings. The summed E-state index contributed by atoms with van der Waals surface area (Å²) in [5.41, 5.74) is 0. The summed E-state index contributed by atoms with van der Waals surface area (Å²) in [5.74, 6) is 0. The summed E-state index contributed by atoms with van der Waals surface area (Å²) in [6.45, 7) is 6.72.